The van der Waals surface area contributed by atoms with E-state index in [4.69, 9.17) is 4.74 Å². The van der Waals surface area contributed by atoms with Crippen molar-refractivity contribution in [3.05, 3.63) is 80.8 Å². The fraction of sp³-hybridized carbons (Fsp3) is 0.158. The molecule has 0 amide bonds. The van der Waals surface area contributed by atoms with Crippen LogP contribution < -0.4 is 39.4 Å². The van der Waals surface area contributed by atoms with Gasteiger partial charge in [0, 0.05) is 29.0 Å². The maximum Gasteiger partial charge on any atom is 1.00 e. The summed E-state index contributed by atoms with van der Waals surface area (Å²) in [6.45, 7) is 1.87. The van der Waals surface area contributed by atoms with Gasteiger partial charge in [-0.25, -0.2) is 13.8 Å². The summed E-state index contributed by atoms with van der Waals surface area (Å²) in [5.41, 5.74) is 1.93. The molecule has 0 saturated carbocycles. The zero-order valence-electron chi connectivity index (χ0n) is 14.8. The molecule has 3 aromatic rings. The Hall–Kier alpha value is -1.80. The number of nitrogens with zero attached hydrogens (tertiary/aromatic N) is 1. The number of aromatic nitrogens is 1. The van der Waals surface area contributed by atoms with Gasteiger partial charge < -0.3 is 14.6 Å². The van der Waals surface area contributed by atoms with Gasteiger partial charge in [0.1, 0.15) is 24.0 Å². The summed E-state index contributed by atoms with van der Waals surface area (Å²) in [7, 11) is 0. The van der Waals surface area contributed by atoms with E-state index in [1.165, 1.54) is 28.8 Å². The molecule has 0 atom stereocenters. The number of rotatable bonds is 6. The predicted molar refractivity (Wildman–Crippen MR) is 91.1 cm³/mol. The number of hydrogen-bond acceptors (Lipinski definition) is 5. The number of carboxylic acid groups (broad SMARTS) is 1. The molecule has 2 aromatic carbocycles. The minimum Gasteiger partial charge on any atom is -0.543 e. The molecule has 0 radical (unpaired) electrons. The van der Waals surface area contributed by atoms with Gasteiger partial charge in [-0.2, -0.15) is 0 Å². The number of carbonyl (C=O) groups excluding carboxylic acids is 1. The quantitative estimate of drug-likeness (QED) is 0.560. The van der Waals surface area contributed by atoms with Gasteiger partial charge in [-0.1, -0.05) is 17.7 Å². The molecule has 8 heteroatoms. The fourth-order valence-electron chi connectivity index (χ4n) is 2.43. The van der Waals surface area contributed by atoms with Crippen molar-refractivity contribution in [3.63, 3.8) is 0 Å². The normalized spacial score (nSPS) is 10.3. The number of aromatic carboxylic acids is 1. The van der Waals surface area contributed by atoms with E-state index in [1.54, 1.807) is 6.07 Å². The molecule has 0 aliphatic rings. The predicted octanol–water partition coefficient (Wildman–Crippen LogP) is 0.267. The van der Waals surface area contributed by atoms with E-state index in [0.29, 0.717) is 17.2 Å². The summed E-state index contributed by atoms with van der Waals surface area (Å²) in [5.74, 6) is -2.10. The van der Waals surface area contributed by atoms with Crippen molar-refractivity contribution in [2.75, 3.05) is 0 Å². The van der Waals surface area contributed by atoms with Crippen molar-refractivity contribution in [2.45, 2.75) is 20.0 Å². The Morgan fingerprint density at radius 1 is 1.19 bits per heavy atom. The summed E-state index contributed by atoms with van der Waals surface area (Å²) in [5, 5.41) is 12.9. The van der Waals surface area contributed by atoms with Crippen molar-refractivity contribution < 1.29 is 53.0 Å². The topological polar surface area (TPSA) is 62.2 Å². The average molecular weight is 397 g/mol. The SMILES string of the molecule is Cc1ccc(OCc2ccc(F)cc2F)c(Cc2nc(C(=O)[O-])cs2)c1.[Na+]. The number of aryl methyl sites for hydroxylation is 1. The molecule has 0 unspecified atom stereocenters. The molecule has 0 aliphatic carbocycles. The van der Waals surface area contributed by atoms with Crippen molar-refractivity contribution in [1.82, 2.24) is 4.98 Å². The zero-order chi connectivity index (χ0) is 18.7. The molecule has 0 saturated heterocycles. The monoisotopic (exact) mass is 397 g/mol. The van der Waals surface area contributed by atoms with E-state index in [-0.39, 0.29) is 47.4 Å². The Kier molecular flexibility index (Phi) is 7.49. The molecule has 4 nitrogen and oxygen atoms in total. The Bertz CT molecular complexity index is 962. The van der Waals surface area contributed by atoms with Crippen LogP contribution in [0, 0.1) is 18.6 Å². The zero-order valence-corrected chi connectivity index (χ0v) is 17.6. The Morgan fingerprint density at radius 2 is 1.96 bits per heavy atom. The molecule has 1 aromatic heterocycles. The number of carbonyl (C=O) groups is 1. The number of thiazole rings is 1. The molecule has 1 heterocycles. The van der Waals surface area contributed by atoms with Crippen LogP contribution in [-0.4, -0.2) is 11.0 Å². The molecule has 0 fully saturated rings. The largest absolute Gasteiger partial charge is 1.00 e. The van der Waals surface area contributed by atoms with Crippen LogP contribution >= 0.6 is 11.3 Å². The van der Waals surface area contributed by atoms with Crippen LogP contribution in [0.5, 0.6) is 5.75 Å². The van der Waals surface area contributed by atoms with Gasteiger partial charge in [0.25, 0.3) is 0 Å². The van der Waals surface area contributed by atoms with E-state index in [2.05, 4.69) is 4.98 Å². The number of ether oxygens (including phenoxy) is 1. The van der Waals surface area contributed by atoms with Gasteiger partial charge in [0.05, 0.1) is 16.7 Å². The third kappa shape index (κ3) is 5.59. The van der Waals surface area contributed by atoms with Gasteiger partial charge in [-0.15, -0.1) is 11.3 Å². The standard InChI is InChI=1S/C19H15F2NO3S.Na/c1-11-2-5-17(25-9-12-3-4-14(20)8-15(12)21)13(6-11)7-18-22-16(10-26-18)19(23)24;/h2-6,8,10H,7,9H2,1H3,(H,23,24);/q;+1/p-1. The van der Waals surface area contributed by atoms with Crippen LogP contribution in [0.4, 0.5) is 8.78 Å². The first-order valence-electron chi connectivity index (χ1n) is 7.74. The van der Waals surface area contributed by atoms with E-state index in [1.807, 2.05) is 19.1 Å². The van der Waals surface area contributed by atoms with E-state index >= 15 is 0 Å². The first kappa shape index (κ1) is 21.5. The van der Waals surface area contributed by atoms with Crippen molar-refractivity contribution in [3.8, 4) is 5.75 Å². The molecule has 0 aliphatic heterocycles. The number of benzene rings is 2. The number of hydrogen-bond donors (Lipinski definition) is 0. The molecular formula is C19H14F2NNaO3S. The number of halogens is 2. The second kappa shape index (κ2) is 9.41. The maximum absolute atomic E-state index is 13.8. The van der Waals surface area contributed by atoms with Gasteiger partial charge in [0.15, 0.2) is 0 Å². The molecule has 0 bridgehead atoms. The Balaban J connectivity index is 0.00000261. The van der Waals surface area contributed by atoms with Crippen LogP contribution in [0.3, 0.4) is 0 Å². The fourth-order valence-corrected chi connectivity index (χ4v) is 3.22. The van der Waals surface area contributed by atoms with Crippen LogP contribution in [0.1, 0.15) is 32.2 Å². The Labute approximate surface area is 181 Å². The van der Waals surface area contributed by atoms with Crippen LogP contribution in [0.2, 0.25) is 0 Å². The summed E-state index contributed by atoms with van der Waals surface area (Å²) >= 11 is 1.22. The third-order valence-electron chi connectivity index (χ3n) is 3.72. The van der Waals surface area contributed by atoms with Gasteiger partial charge in [-0.05, 0) is 25.1 Å². The van der Waals surface area contributed by atoms with E-state index in [9.17, 15) is 18.7 Å². The smallest absolute Gasteiger partial charge is 0.543 e. The molecule has 0 spiro atoms. The molecular weight excluding hydrogens is 383 g/mol. The first-order valence-corrected chi connectivity index (χ1v) is 8.62. The summed E-state index contributed by atoms with van der Waals surface area (Å²) in [4.78, 5) is 14.9. The maximum atomic E-state index is 13.8. The van der Waals surface area contributed by atoms with Gasteiger partial charge >= 0.3 is 29.6 Å². The van der Waals surface area contributed by atoms with Crippen molar-refractivity contribution in [1.29, 1.82) is 0 Å². The van der Waals surface area contributed by atoms with Crippen LogP contribution in [-0.2, 0) is 13.0 Å². The second-order valence-corrected chi connectivity index (χ2v) is 6.67. The molecule has 27 heavy (non-hydrogen) atoms. The van der Waals surface area contributed by atoms with Gasteiger partial charge in [-0.3, -0.25) is 0 Å². The first-order chi connectivity index (χ1) is 12.4. The van der Waals surface area contributed by atoms with Crippen LogP contribution in [0.25, 0.3) is 0 Å². The minimum atomic E-state index is -1.32. The van der Waals surface area contributed by atoms with Crippen molar-refractivity contribution in [2.24, 2.45) is 0 Å². The molecule has 0 N–H and O–H groups in total. The van der Waals surface area contributed by atoms with Crippen LogP contribution in [0.15, 0.2) is 41.8 Å². The molecule has 134 valence electrons. The third-order valence-corrected chi connectivity index (χ3v) is 4.57. The molecule has 3 rings (SSSR count). The van der Waals surface area contributed by atoms with Crippen molar-refractivity contribution >= 4 is 17.3 Å². The average Bonchev–Trinajstić information content (AvgIpc) is 3.04. The number of carboxylic acids is 1. The minimum absolute atomic E-state index is 0. The summed E-state index contributed by atoms with van der Waals surface area (Å²) < 4.78 is 32.5. The Morgan fingerprint density at radius 3 is 2.63 bits per heavy atom. The summed E-state index contributed by atoms with van der Waals surface area (Å²) in [6.07, 6.45) is 0.376. The van der Waals surface area contributed by atoms with Gasteiger partial charge in [0.2, 0.25) is 0 Å². The second-order valence-electron chi connectivity index (χ2n) is 5.73. The van der Waals surface area contributed by atoms with E-state index in [0.717, 1.165) is 17.2 Å². The summed E-state index contributed by atoms with van der Waals surface area (Å²) in [6, 6.07) is 8.84. The van der Waals surface area contributed by atoms with E-state index < -0.39 is 17.6 Å².